The van der Waals surface area contributed by atoms with Gasteiger partial charge in [-0.3, -0.25) is 0 Å². The van der Waals surface area contributed by atoms with Crippen LogP contribution in [0.5, 0.6) is 0 Å². The molecule has 2 aromatic rings. The van der Waals surface area contributed by atoms with Gasteiger partial charge in [-0.25, -0.2) is 0 Å². The lowest BCUT2D eigenvalue weighted by molar-refractivity contribution is 0.682. The van der Waals surface area contributed by atoms with Crippen molar-refractivity contribution in [3.8, 4) is 0 Å². The lowest BCUT2D eigenvalue weighted by Crippen LogP contribution is -1.85. The fourth-order valence-electron chi connectivity index (χ4n) is 0.575. The van der Waals surface area contributed by atoms with Crippen LogP contribution in [0, 0.1) is 0 Å². The van der Waals surface area contributed by atoms with E-state index in [1.165, 1.54) is 34.7 Å². The van der Waals surface area contributed by atoms with Gasteiger partial charge in [0.2, 0.25) is 0 Å². The molecule has 8 nitrogen and oxygen atoms in total. The van der Waals surface area contributed by atoms with E-state index in [4.69, 9.17) is 0 Å². The quantitative estimate of drug-likeness (QED) is 0.562. The zero-order valence-corrected chi connectivity index (χ0v) is 5.89. The van der Waals surface area contributed by atoms with Crippen molar-refractivity contribution in [2.75, 3.05) is 0 Å². The predicted octanol–water partition coefficient (Wildman–Crippen LogP) is -0.452. The van der Waals surface area contributed by atoms with Crippen molar-refractivity contribution in [2.45, 2.75) is 0 Å². The molecule has 2 rings (SSSR count). The van der Waals surface area contributed by atoms with Crippen molar-refractivity contribution in [1.29, 1.82) is 0 Å². The fraction of sp³-hybridized carbons (Fsp3) is 0. The number of aromatic nitrogens is 6. The molecule has 0 aliphatic carbocycles. The van der Waals surface area contributed by atoms with Crippen LogP contribution in [0.2, 0.25) is 0 Å². The van der Waals surface area contributed by atoms with Crippen LogP contribution >= 0.6 is 0 Å². The highest BCUT2D eigenvalue weighted by Gasteiger charge is 1.85. The van der Waals surface area contributed by atoms with E-state index in [0.29, 0.717) is 0 Å². The van der Waals surface area contributed by atoms with E-state index in [9.17, 15) is 0 Å². The number of hydrogen-bond acceptors (Lipinski definition) is 6. The zero-order valence-electron chi connectivity index (χ0n) is 5.89. The molecule has 0 bridgehead atoms. The predicted molar refractivity (Wildman–Crippen MR) is 35.7 cm³/mol. The first-order valence-corrected chi connectivity index (χ1v) is 3.07. The Labute approximate surface area is 66.5 Å². The molecule has 2 heterocycles. The molecule has 12 heavy (non-hydrogen) atoms. The summed E-state index contributed by atoms with van der Waals surface area (Å²) >= 11 is 0. The summed E-state index contributed by atoms with van der Waals surface area (Å²) in [5.41, 5.74) is 0. The van der Waals surface area contributed by atoms with Crippen molar-refractivity contribution in [2.24, 2.45) is 10.4 Å². The van der Waals surface area contributed by atoms with Gasteiger partial charge >= 0.3 is 0 Å². The molecule has 0 atom stereocenters. The van der Waals surface area contributed by atoms with Gasteiger partial charge in [0.05, 0.1) is 0 Å². The molecule has 60 valence electrons. The van der Waals surface area contributed by atoms with E-state index >= 15 is 0 Å². The minimum atomic E-state index is 1.36. The van der Waals surface area contributed by atoms with Crippen molar-refractivity contribution in [3.63, 3.8) is 0 Å². The Morgan fingerprint density at radius 3 is 1.33 bits per heavy atom. The van der Waals surface area contributed by atoms with E-state index in [2.05, 4.69) is 30.8 Å². The van der Waals surface area contributed by atoms with Gasteiger partial charge in [-0.2, -0.15) is 9.35 Å². The Balaban J connectivity index is 2.14. The second-order valence-corrected chi connectivity index (χ2v) is 1.86. The van der Waals surface area contributed by atoms with Crippen molar-refractivity contribution >= 4 is 0 Å². The molecule has 0 saturated carbocycles. The fourth-order valence-corrected chi connectivity index (χ4v) is 0.575. The number of rotatable bonds is 2. The summed E-state index contributed by atoms with van der Waals surface area (Å²) in [5.74, 6) is 0. The average Bonchev–Trinajstić information content (AvgIpc) is 2.74. The van der Waals surface area contributed by atoms with Gasteiger partial charge in [0.25, 0.3) is 0 Å². The molecule has 0 aliphatic rings. The highest BCUT2D eigenvalue weighted by atomic mass is 15.6. The van der Waals surface area contributed by atoms with Crippen LogP contribution in [-0.4, -0.2) is 29.7 Å². The van der Waals surface area contributed by atoms with Gasteiger partial charge in [0, 0.05) is 0 Å². The molecular formula is C4H4N8. The van der Waals surface area contributed by atoms with Gasteiger partial charge in [-0.1, -0.05) is 0 Å². The molecule has 0 fully saturated rings. The average molecular weight is 164 g/mol. The van der Waals surface area contributed by atoms with Gasteiger partial charge in [-0.05, 0) is 10.4 Å². The van der Waals surface area contributed by atoms with Crippen molar-refractivity contribution < 1.29 is 0 Å². The summed E-state index contributed by atoms with van der Waals surface area (Å²) in [6.07, 6.45) is 5.70. The molecule has 0 amide bonds. The third kappa shape index (κ3) is 1.31. The van der Waals surface area contributed by atoms with Crippen LogP contribution < -0.4 is 0 Å². The van der Waals surface area contributed by atoms with Gasteiger partial charge < -0.3 is 0 Å². The monoisotopic (exact) mass is 164 g/mol. The first-order valence-electron chi connectivity index (χ1n) is 3.07. The van der Waals surface area contributed by atoms with E-state index in [0.717, 1.165) is 0 Å². The second-order valence-electron chi connectivity index (χ2n) is 1.86. The van der Waals surface area contributed by atoms with Crippen LogP contribution in [0.25, 0.3) is 0 Å². The highest BCUT2D eigenvalue weighted by molar-refractivity contribution is 4.58. The first-order chi connectivity index (χ1) is 5.95. The van der Waals surface area contributed by atoms with E-state index in [-0.39, 0.29) is 0 Å². The van der Waals surface area contributed by atoms with Gasteiger partial charge in [0.15, 0.2) is 0 Å². The van der Waals surface area contributed by atoms with E-state index in [1.807, 2.05) is 0 Å². The molecule has 0 aliphatic heterocycles. The molecule has 0 saturated heterocycles. The normalized spacial score (nSPS) is 11.0. The summed E-state index contributed by atoms with van der Waals surface area (Å²) in [4.78, 5) is 0. The van der Waals surface area contributed by atoms with Crippen LogP contribution in [0.4, 0.5) is 0 Å². The Morgan fingerprint density at radius 1 is 0.667 bits per heavy atom. The minimum Gasteiger partial charge on any atom is -0.188 e. The maximum atomic E-state index is 3.71. The third-order valence-electron chi connectivity index (χ3n) is 1.06. The minimum absolute atomic E-state index is 1.36. The summed E-state index contributed by atoms with van der Waals surface area (Å²) in [7, 11) is 0. The Bertz CT molecular complexity index is 308. The largest absolute Gasteiger partial charge is 0.188 e. The molecule has 2 aromatic heterocycles. The topological polar surface area (TPSA) is 86.1 Å². The SMILES string of the molecule is c1nncn1/N=N/n1cnnc1. The Morgan fingerprint density at radius 2 is 1.00 bits per heavy atom. The smallest absolute Gasteiger partial charge is 0.143 e. The Kier molecular flexibility index (Phi) is 1.57. The molecular weight excluding hydrogens is 160 g/mol. The molecule has 0 unspecified atom stereocenters. The van der Waals surface area contributed by atoms with Gasteiger partial charge in [0.1, 0.15) is 25.3 Å². The summed E-state index contributed by atoms with van der Waals surface area (Å²) in [5, 5.41) is 21.6. The number of hydrogen-bond donors (Lipinski definition) is 0. The molecule has 0 radical (unpaired) electrons. The zero-order chi connectivity index (χ0) is 8.23. The van der Waals surface area contributed by atoms with E-state index < -0.39 is 0 Å². The number of nitrogens with zero attached hydrogens (tertiary/aromatic N) is 8. The lowest BCUT2D eigenvalue weighted by Gasteiger charge is -1.86. The van der Waals surface area contributed by atoms with Crippen LogP contribution in [-0.2, 0) is 0 Å². The van der Waals surface area contributed by atoms with Gasteiger partial charge in [-0.15, -0.1) is 20.4 Å². The second kappa shape index (κ2) is 2.86. The van der Waals surface area contributed by atoms with E-state index in [1.54, 1.807) is 0 Å². The third-order valence-corrected chi connectivity index (χ3v) is 1.06. The van der Waals surface area contributed by atoms with Crippen LogP contribution in [0.3, 0.4) is 0 Å². The summed E-state index contributed by atoms with van der Waals surface area (Å²) in [6.45, 7) is 0. The van der Waals surface area contributed by atoms with Crippen molar-refractivity contribution in [3.05, 3.63) is 25.3 Å². The Hall–Kier alpha value is -2.12. The van der Waals surface area contributed by atoms with Crippen LogP contribution in [0.1, 0.15) is 0 Å². The standard InChI is InChI=1S/C4H4N8/c1-5-6-2-11(1)9-10-12-3-7-8-4-12/h1-4H/b10-9+. The first kappa shape index (κ1) is 6.58. The molecule has 0 N–H and O–H groups in total. The lowest BCUT2D eigenvalue weighted by atomic mass is 11.2. The highest BCUT2D eigenvalue weighted by Crippen LogP contribution is 1.85. The van der Waals surface area contributed by atoms with Crippen LogP contribution in [0.15, 0.2) is 35.8 Å². The van der Waals surface area contributed by atoms with Crippen molar-refractivity contribution in [1.82, 2.24) is 29.7 Å². The summed E-state index contributed by atoms with van der Waals surface area (Å²) in [6, 6.07) is 0. The molecule has 0 aromatic carbocycles. The summed E-state index contributed by atoms with van der Waals surface area (Å²) < 4.78 is 2.72. The maximum absolute atomic E-state index is 3.71. The maximum Gasteiger partial charge on any atom is 0.143 e. The molecule has 8 heteroatoms. The molecule has 0 spiro atoms.